The molecule has 1 fully saturated rings. The molecule has 1 N–H and O–H groups in total. The lowest BCUT2D eigenvalue weighted by Crippen LogP contribution is -2.47. The monoisotopic (exact) mass is 197 g/mol. The second-order valence-corrected chi connectivity index (χ2v) is 4.18. The number of piperidine rings is 1. The van der Waals surface area contributed by atoms with Gasteiger partial charge in [0.15, 0.2) is 0 Å². The maximum Gasteiger partial charge on any atom is 0.229 e. The molecule has 0 saturated carbocycles. The van der Waals surface area contributed by atoms with Crippen molar-refractivity contribution >= 4 is 11.8 Å². The zero-order valence-electron chi connectivity index (χ0n) is 9.17. The molecule has 1 saturated heterocycles. The molecule has 0 aliphatic carbocycles. The minimum absolute atomic E-state index is 0.0302. The van der Waals surface area contributed by atoms with Gasteiger partial charge in [0.25, 0.3) is 0 Å². The van der Waals surface area contributed by atoms with Gasteiger partial charge in [-0.05, 0) is 18.3 Å². The normalized spacial score (nSPS) is 29.9. The summed E-state index contributed by atoms with van der Waals surface area (Å²) >= 11 is 0. The molecule has 0 aromatic rings. The van der Waals surface area contributed by atoms with Crippen LogP contribution >= 0.6 is 0 Å². The number of amides is 2. The Labute approximate surface area is 85.3 Å². The summed E-state index contributed by atoms with van der Waals surface area (Å²) in [5.41, 5.74) is 0. The third-order valence-electron chi connectivity index (χ3n) is 3.35. The highest BCUT2D eigenvalue weighted by Crippen LogP contribution is 2.31. The van der Waals surface area contributed by atoms with E-state index in [2.05, 4.69) is 19.2 Å². The predicted octanol–water partition coefficient (Wildman–Crippen LogP) is 1.72. The number of carbonyl (C=O) groups excluding carboxylic acids is 2. The third kappa shape index (κ3) is 2.14. The van der Waals surface area contributed by atoms with E-state index >= 15 is 0 Å². The van der Waals surface area contributed by atoms with Crippen LogP contribution in [-0.4, -0.2) is 11.8 Å². The van der Waals surface area contributed by atoms with E-state index in [1.807, 2.05) is 6.92 Å². The number of carbonyl (C=O) groups is 2. The molecule has 1 rings (SSSR count). The first-order chi connectivity index (χ1) is 6.60. The van der Waals surface area contributed by atoms with Gasteiger partial charge in [0.2, 0.25) is 11.8 Å². The van der Waals surface area contributed by atoms with Crippen molar-refractivity contribution in [2.75, 3.05) is 0 Å². The standard InChI is InChI=1S/C11H19NO2/c1-4-7(3)9-6-10(13)12-11(14)8(9)5-2/h7-9H,4-6H2,1-3H3,(H,12,13,14). The van der Waals surface area contributed by atoms with Crippen molar-refractivity contribution in [2.45, 2.75) is 40.0 Å². The molecule has 80 valence electrons. The maximum atomic E-state index is 11.5. The first-order valence-electron chi connectivity index (χ1n) is 5.43. The molecule has 1 aliphatic heterocycles. The number of hydrogen-bond donors (Lipinski definition) is 1. The van der Waals surface area contributed by atoms with Crippen molar-refractivity contribution in [2.24, 2.45) is 17.8 Å². The van der Waals surface area contributed by atoms with E-state index in [1.54, 1.807) is 0 Å². The second kappa shape index (κ2) is 4.58. The highest BCUT2D eigenvalue weighted by atomic mass is 16.2. The van der Waals surface area contributed by atoms with E-state index in [4.69, 9.17) is 0 Å². The molecular formula is C11H19NO2. The number of rotatable bonds is 3. The van der Waals surface area contributed by atoms with Gasteiger partial charge in [-0.1, -0.05) is 27.2 Å². The van der Waals surface area contributed by atoms with Gasteiger partial charge in [0, 0.05) is 12.3 Å². The fourth-order valence-electron chi connectivity index (χ4n) is 2.22. The minimum atomic E-state index is -0.106. The van der Waals surface area contributed by atoms with Crippen molar-refractivity contribution in [3.63, 3.8) is 0 Å². The Morgan fingerprint density at radius 1 is 1.43 bits per heavy atom. The summed E-state index contributed by atoms with van der Waals surface area (Å²) in [7, 11) is 0. The van der Waals surface area contributed by atoms with Gasteiger partial charge in [0.1, 0.15) is 0 Å². The summed E-state index contributed by atoms with van der Waals surface area (Å²) in [4.78, 5) is 22.8. The Kier molecular flexibility index (Phi) is 3.67. The van der Waals surface area contributed by atoms with Crippen molar-refractivity contribution in [1.29, 1.82) is 0 Å². The van der Waals surface area contributed by atoms with Crippen molar-refractivity contribution in [3.8, 4) is 0 Å². The topological polar surface area (TPSA) is 46.2 Å². The fraction of sp³-hybridized carbons (Fsp3) is 0.818. The molecule has 14 heavy (non-hydrogen) atoms. The molecule has 0 spiro atoms. The highest BCUT2D eigenvalue weighted by molar-refractivity contribution is 5.99. The van der Waals surface area contributed by atoms with Crippen LogP contribution in [-0.2, 0) is 9.59 Å². The average Bonchev–Trinajstić information content (AvgIpc) is 2.15. The Balaban J connectivity index is 2.77. The SMILES string of the molecule is CCC(C)C1CC(=O)NC(=O)C1CC. The molecule has 2 amide bonds. The van der Waals surface area contributed by atoms with Crippen LogP contribution in [0.15, 0.2) is 0 Å². The summed E-state index contributed by atoms with van der Waals surface area (Å²) in [6.45, 7) is 6.24. The molecule has 0 aromatic carbocycles. The number of hydrogen-bond acceptors (Lipinski definition) is 2. The van der Waals surface area contributed by atoms with E-state index in [0.717, 1.165) is 12.8 Å². The summed E-state index contributed by atoms with van der Waals surface area (Å²) in [6, 6.07) is 0. The first-order valence-corrected chi connectivity index (χ1v) is 5.43. The number of nitrogens with one attached hydrogen (secondary N) is 1. The van der Waals surface area contributed by atoms with Gasteiger partial charge in [-0.25, -0.2) is 0 Å². The Bertz CT molecular complexity index is 237. The summed E-state index contributed by atoms with van der Waals surface area (Å²) in [5, 5.41) is 2.41. The lowest BCUT2D eigenvalue weighted by Gasteiger charge is -2.33. The second-order valence-electron chi connectivity index (χ2n) is 4.18. The Hall–Kier alpha value is -0.860. The van der Waals surface area contributed by atoms with E-state index < -0.39 is 0 Å². The molecule has 0 bridgehead atoms. The lowest BCUT2D eigenvalue weighted by atomic mass is 9.75. The first kappa shape index (κ1) is 11.2. The van der Waals surface area contributed by atoms with Crippen LogP contribution in [0.1, 0.15) is 40.0 Å². The number of imide groups is 1. The van der Waals surface area contributed by atoms with Gasteiger partial charge in [-0.3, -0.25) is 14.9 Å². The largest absolute Gasteiger partial charge is 0.296 e. The van der Waals surface area contributed by atoms with Crippen LogP contribution in [0, 0.1) is 17.8 Å². The molecule has 3 nitrogen and oxygen atoms in total. The molecule has 3 unspecified atom stereocenters. The zero-order chi connectivity index (χ0) is 10.7. The van der Waals surface area contributed by atoms with Crippen LogP contribution < -0.4 is 5.32 Å². The summed E-state index contributed by atoms with van der Waals surface area (Å²) in [6.07, 6.45) is 2.37. The molecular weight excluding hydrogens is 178 g/mol. The van der Waals surface area contributed by atoms with Gasteiger partial charge in [-0.2, -0.15) is 0 Å². The molecule has 3 heteroatoms. The highest BCUT2D eigenvalue weighted by Gasteiger charge is 2.36. The van der Waals surface area contributed by atoms with Gasteiger partial charge >= 0.3 is 0 Å². The van der Waals surface area contributed by atoms with Gasteiger partial charge in [0.05, 0.1) is 0 Å². The van der Waals surface area contributed by atoms with Gasteiger partial charge in [-0.15, -0.1) is 0 Å². The van der Waals surface area contributed by atoms with Gasteiger partial charge < -0.3 is 0 Å². The summed E-state index contributed by atoms with van der Waals surface area (Å²) < 4.78 is 0. The molecule has 1 heterocycles. The quantitative estimate of drug-likeness (QED) is 0.700. The molecule has 3 atom stereocenters. The Morgan fingerprint density at radius 2 is 2.07 bits per heavy atom. The van der Waals surface area contributed by atoms with Crippen LogP contribution in [0.3, 0.4) is 0 Å². The van der Waals surface area contributed by atoms with Crippen LogP contribution in [0.4, 0.5) is 0 Å². The summed E-state index contributed by atoms with van der Waals surface area (Å²) in [5.74, 6) is 0.544. The minimum Gasteiger partial charge on any atom is -0.296 e. The smallest absolute Gasteiger partial charge is 0.229 e. The van der Waals surface area contributed by atoms with Crippen LogP contribution in [0.25, 0.3) is 0 Å². The van der Waals surface area contributed by atoms with Crippen LogP contribution in [0.2, 0.25) is 0 Å². The maximum absolute atomic E-state index is 11.5. The third-order valence-corrected chi connectivity index (χ3v) is 3.35. The zero-order valence-corrected chi connectivity index (χ0v) is 9.17. The van der Waals surface area contributed by atoms with Crippen molar-refractivity contribution in [1.82, 2.24) is 5.32 Å². The van der Waals surface area contributed by atoms with Crippen molar-refractivity contribution < 1.29 is 9.59 Å². The Morgan fingerprint density at radius 3 is 2.57 bits per heavy atom. The average molecular weight is 197 g/mol. The van der Waals surface area contributed by atoms with E-state index in [1.165, 1.54) is 0 Å². The fourth-order valence-corrected chi connectivity index (χ4v) is 2.22. The van der Waals surface area contributed by atoms with Crippen LogP contribution in [0.5, 0.6) is 0 Å². The van der Waals surface area contributed by atoms with E-state index in [-0.39, 0.29) is 23.7 Å². The molecule has 0 aromatic heterocycles. The van der Waals surface area contributed by atoms with E-state index in [9.17, 15) is 9.59 Å². The molecule has 0 radical (unpaired) electrons. The molecule has 1 aliphatic rings. The van der Waals surface area contributed by atoms with Crippen molar-refractivity contribution in [3.05, 3.63) is 0 Å². The van der Waals surface area contributed by atoms with E-state index in [0.29, 0.717) is 12.3 Å². The predicted molar refractivity (Wildman–Crippen MR) is 54.5 cm³/mol. The lowest BCUT2D eigenvalue weighted by molar-refractivity contribution is -0.140.